The minimum Gasteiger partial charge on any atom is -0.477 e. The number of anilines is 1. The Morgan fingerprint density at radius 2 is 2.14 bits per heavy atom. The summed E-state index contributed by atoms with van der Waals surface area (Å²) in [5.74, 6) is 6.36. The minimum absolute atomic E-state index is 0.218. The van der Waals surface area contributed by atoms with E-state index in [2.05, 4.69) is 28.4 Å². The van der Waals surface area contributed by atoms with E-state index in [-0.39, 0.29) is 5.60 Å². The number of hydrazine groups is 1. The lowest BCUT2D eigenvalue weighted by Gasteiger charge is -2.22. The van der Waals surface area contributed by atoms with Crippen LogP contribution in [0.5, 0.6) is 5.88 Å². The van der Waals surface area contributed by atoms with Gasteiger partial charge in [-0.25, -0.2) is 10.8 Å². The molecule has 2 aromatic rings. The number of rotatable bonds is 7. The van der Waals surface area contributed by atoms with Crippen LogP contribution in [0.4, 0.5) is 5.95 Å². The first-order valence-corrected chi connectivity index (χ1v) is 7.75. The molecule has 0 aliphatic carbocycles. The van der Waals surface area contributed by atoms with Gasteiger partial charge in [-0.05, 0) is 26.3 Å². The van der Waals surface area contributed by atoms with E-state index in [9.17, 15) is 0 Å². The standard InChI is InChI=1S/C14H22N4O2S/c1-5-9-8-10-11(20-7-6-14(2,3)19-4)16-13(18-15)17-12(10)21-9/h8H,5-7,15H2,1-4H3,(H,16,17,18). The van der Waals surface area contributed by atoms with Crippen molar-refractivity contribution in [3.63, 3.8) is 0 Å². The zero-order valence-corrected chi connectivity index (χ0v) is 13.7. The highest BCUT2D eigenvalue weighted by Gasteiger charge is 2.18. The van der Waals surface area contributed by atoms with Crippen molar-refractivity contribution in [2.45, 2.75) is 39.2 Å². The fourth-order valence-corrected chi connectivity index (χ4v) is 2.75. The maximum atomic E-state index is 5.84. The fourth-order valence-electron chi connectivity index (χ4n) is 1.79. The molecule has 7 heteroatoms. The normalized spacial score (nSPS) is 11.9. The first-order chi connectivity index (χ1) is 9.99. The van der Waals surface area contributed by atoms with Gasteiger partial charge in [0.1, 0.15) is 4.83 Å². The molecule has 2 heterocycles. The summed E-state index contributed by atoms with van der Waals surface area (Å²) in [6, 6.07) is 2.08. The summed E-state index contributed by atoms with van der Waals surface area (Å²) >= 11 is 1.63. The van der Waals surface area contributed by atoms with Crippen LogP contribution in [-0.4, -0.2) is 29.3 Å². The molecule has 0 radical (unpaired) electrons. The van der Waals surface area contributed by atoms with Crippen LogP contribution in [0.3, 0.4) is 0 Å². The maximum absolute atomic E-state index is 5.84. The molecule has 21 heavy (non-hydrogen) atoms. The number of ether oxygens (including phenoxy) is 2. The van der Waals surface area contributed by atoms with Gasteiger partial charge in [0.2, 0.25) is 11.8 Å². The lowest BCUT2D eigenvalue weighted by molar-refractivity contribution is 0.00523. The van der Waals surface area contributed by atoms with Gasteiger partial charge in [0.25, 0.3) is 0 Å². The predicted octanol–water partition coefficient (Wildman–Crippen LogP) is 2.73. The van der Waals surface area contributed by atoms with Gasteiger partial charge in [0.15, 0.2) is 0 Å². The number of thiophene rings is 1. The molecule has 0 aromatic carbocycles. The van der Waals surface area contributed by atoms with Crippen LogP contribution in [0, 0.1) is 0 Å². The van der Waals surface area contributed by atoms with Gasteiger partial charge in [-0.2, -0.15) is 4.98 Å². The van der Waals surface area contributed by atoms with Crippen molar-refractivity contribution in [1.82, 2.24) is 9.97 Å². The molecule has 0 aliphatic rings. The van der Waals surface area contributed by atoms with Crippen molar-refractivity contribution < 1.29 is 9.47 Å². The van der Waals surface area contributed by atoms with Gasteiger partial charge in [-0.1, -0.05) is 6.92 Å². The fraction of sp³-hybridized carbons (Fsp3) is 0.571. The Labute approximate surface area is 128 Å². The molecule has 2 aromatic heterocycles. The molecule has 0 saturated carbocycles. The van der Waals surface area contributed by atoms with Crippen LogP contribution >= 0.6 is 11.3 Å². The van der Waals surface area contributed by atoms with Crippen molar-refractivity contribution in [1.29, 1.82) is 0 Å². The average Bonchev–Trinajstić information content (AvgIpc) is 2.90. The summed E-state index contributed by atoms with van der Waals surface area (Å²) in [6.45, 7) is 6.69. The lowest BCUT2D eigenvalue weighted by atomic mass is 10.1. The van der Waals surface area contributed by atoms with Crippen molar-refractivity contribution >= 4 is 27.5 Å². The number of nitrogens with two attached hydrogens (primary N) is 1. The molecule has 0 atom stereocenters. The molecule has 0 fully saturated rings. The second-order valence-corrected chi connectivity index (χ2v) is 6.46. The summed E-state index contributed by atoms with van der Waals surface area (Å²) in [5.41, 5.74) is 2.27. The number of hydrogen-bond donors (Lipinski definition) is 2. The first kappa shape index (κ1) is 15.9. The quantitative estimate of drug-likeness (QED) is 0.604. The summed E-state index contributed by atoms with van der Waals surface area (Å²) in [7, 11) is 1.70. The molecule has 3 N–H and O–H groups in total. The molecule has 0 spiro atoms. The van der Waals surface area contributed by atoms with Crippen LogP contribution < -0.4 is 16.0 Å². The van der Waals surface area contributed by atoms with Crippen molar-refractivity contribution in [3.05, 3.63) is 10.9 Å². The van der Waals surface area contributed by atoms with Gasteiger partial charge in [-0.3, -0.25) is 5.43 Å². The van der Waals surface area contributed by atoms with Crippen LogP contribution in [-0.2, 0) is 11.2 Å². The SMILES string of the molecule is CCc1cc2c(OCCC(C)(C)OC)nc(NN)nc2s1. The second kappa shape index (κ2) is 6.55. The Bertz CT molecular complexity index is 612. The average molecular weight is 310 g/mol. The Hall–Kier alpha value is -1.44. The maximum Gasteiger partial charge on any atom is 0.241 e. The third-order valence-electron chi connectivity index (χ3n) is 3.38. The molecule has 116 valence electrons. The molecule has 0 saturated heterocycles. The Morgan fingerprint density at radius 3 is 2.76 bits per heavy atom. The zero-order chi connectivity index (χ0) is 15.5. The Kier molecular flexibility index (Phi) is 4.97. The highest BCUT2D eigenvalue weighted by molar-refractivity contribution is 7.18. The van der Waals surface area contributed by atoms with Crippen molar-refractivity contribution in [2.24, 2.45) is 5.84 Å². The lowest BCUT2D eigenvalue weighted by Crippen LogP contribution is -2.25. The van der Waals surface area contributed by atoms with Crippen molar-refractivity contribution in [3.8, 4) is 5.88 Å². The minimum atomic E-state index is -0.218. The molecular formula is C14H22N4O2S. The summed E-state index contributed by atoms with van der Waals surface area (Å²) in [4.78, 5) is 10.8. The number of hydrogen-bond acceptors (Lipinski definition) is 7. The highest BCUT2D eigenvalue weighted by atomic mass is 32.1. The van der Waals surface area contributed by atoms with E-state index in [0.717, 1.165) is 23.1 Å². The summed E-state index contributed by atoms with van der Waals surface area (Å²) in [5, 5.41) is 0.936. The van der Waals surface area contributed by atoms with E-state index in [1.54, 1.807) is 18.4 Å². The van der Waals surface area contributed by atoms with E-state index in [1.807, 2.05) is 13.8 Å². The second-order valence-electron chi connectivity index (χ2n) is 5.34. The highest BCUT2D eigenvalue weighted by Crippen LogP contribution is 2.31. The van der Waals surface area contributed by atoms with Crippen LogP contribution in [0.15, 0.2) is 6.07 Å². The van der Waals surface area contributed by atoms with E-state index in [0.29, 0.717) is 18.4 Å². The smallest absolute Gasteiger partial charge is 0.241 e. The summed E-state index contributed by atoms with van der Waals surface area (Å²) in [6.07, 6.45) is 1.73. The molecule has 0 unspecified atom stereocenters. The number of nitrogens with zero attached hydrogens (tertiary/aromatic N) is 2. The van der Waals surface area contributed by atoms with Gasteiger partial charge < -0.3 is 9.47 Å². The van der Waals surface area contributed by atoms with Crippen LogP contribution in [0.1, 0.15) is 32.1 Å². The number of aryl methyl sites for hydroxylation is 1. The Morgan fingerprint density at radius 1 is 1.38 bits per heavy atom. The van der Waals surface area contributed by atoms with Gasteiger partial charge in [0, 0.05) is 18.4 Å². The van der Waals surface area contributed by atoms with E-state index in [4.69, 9.17) is 15.3 Å². The predicted molar refractivity (Wildman–Crippen MR) is 85.8 cm³/mol. The largest absolute Gasteiger partial charge is 0.477 e. The number of nitrogen functional groups attached to an aromatic ring is 1. The third-order valence-corrected chi connectivity index (χ3v) is 4.56. The van der Waals surface area contributed by atoms with E-state index < -0.39 is 0 Å². The molecular weight excluding hydrogens is 288 g/mol. The number of fused-ring (bicyclic) bond motifs is 1. The van der Waals surface area contributed by atoms with Crippen LogP contribution in [0.25, 0.3) is 10.2 Å². The third kappa shape index (κ3) is 3.81. The molecule has 0 amide bonds. The number of methoxy groups -OCH3 is 1. The van der Waals surface area contributed by atoms with E-state index in [1.165, 1.54) is 4.88 Å². The molecule has 2 rings (SSSR count). The Balaban J connectivity index is 2.22. The molecule has 6 nitrogen and oxygen atoms in total. The zero-order valence-electron chi connectivity index (χ0n) is 12.9. The van der Waals surface area contributed by atoms with E-state index >= 15 is 0 Å². The number of aromatic nitrogens is 2. The van der Waals surface area contributed by atoms with Crippen molar-refractivity contribution in [2.75, 3.05) is 19.1 Å². The molecule has 0 aliphatic heterocycles. The van der Waals surface area contributed by atoms with Gasteiger partial charge in [0.05, 0.1) is 17.6 Å². The molecule has 0 bridgehead atoms. The first-order valence-electron chi connectivity index (χ1n) is 6.94. The monoisotopic (exact) mass is 310 g/mol. The number of nitrogens with one attached hydrogen (secondary N) is 1. The summed E-state index contributed by atoms with van der Waals surface area (Å²) < 4.78 is 11.2. The topological polar surface area (TPSA) is 82.3 Å². The van der Waals surface area contributed by atoms with Crippen LogP contribution in [0.2, 0.25) is 0 Å². The van der Waals surface area contributed by atoms with Gasteiger partial charge >= 0.3 is 0 Å². The van der Waals surface area contributed by atoms with Gasteiger partial charge in [-0.15, -0.1) is 11.3 Å².